The van der Waals surface area contributed by atoms with Crippen LogP contribution in [0.1, 0.15) is 6.92 Å². The molecule has 0 amide bonds. The molecule has 0 aliphatic rings. The molecule has 2 N–H and O–H groups in total. The van der Waals surface area contributed by atoms with Crippen LogP contribution in [0.15, 0.2) is 12.1 Å². The highest BCUT2D eigenvalue weighted by atomic mass is 16.5. The highest BCUT2D eigenvalue weighted by Crippen LogP contribution is 2.36. The maximum Gasteiger partial charge on any atom is 0.164 e. The number of methoxy groups -OCH3 is 2. The van der Waals surface area contributed by atoms with Gasteiger partial charge in [-0.15, -0.1) is 0 Å². The molecule has 0 spiro atoms. The summed E-state index contributed by atoms with van der Waals surface area (Å²) in [6, 6.07) is 3.40. The molecule has 0 unspecified atom stereocenters. The second-order valence-corrected chi connectivity index (χ2v) is 2.68. The smallest absolute Gasteiger partial charge is 0.164 e. The Hall–Kier alpha value is -1.58. The quantitative estimate of drug-likeness (QED) is 0.746. The molecule has 0 heterocycles. The van der Waals surface area contributed by atoms with E-state index in [1.165, 1.54) is 0 Å². The van der Waals surface area contributed by atoms with Crippen molar-refractivity contribution in [3.05, 3.63) is 12.1 Å². The number of nitrogens with two attached hydrogens (primary N) is 1. The molecule has 1 rings (SSSR count). The average molecular weight is 197 g/mol. The van der Waals surface area contributed by atoms with Crippen molar-refractivity contribution in [1.29, 1.82) is 0 Å². The molecule has 0 radical (unpaired) electrons. The van der Waals surface area contributed by atoms with Gasteiger partial charge in [-0.1, -0.05) is 0 Å². The lowest BCUT2D eigenvalue weighted by Crippen LogP contribution is -1.99. The van der Waals surface area contributed by atoms with Gasteiger partial charge in [0.2, 0.25) is 0 Å². The summed E-state index contributed by atoms with van der Waals surface area (Å²) >= 11 is 0. The first-order chi connectivity index (χ1) is 6.72. The van der Waals surface area contributed by atoms with Gasteiger partial charge in [-0.3, -0.25) is 0 Å². The van der Waals surface area contributed by atoms with Crippen molar-refractivity contribution in [1.82, 2.24) is 0 Å². The van der Waals surface area contributed by atoms with E-state index in [9.17, 15) is 0 Å². The summed E-state index contributed by atoms with van der Waals surface area (Å²) in [5, 5.41) is 0. The number of hydrogen-bond acceptors (Lipinski definition) is 4. The maximum absolute atomic E-state index is 5.75. The Balaban J connectivity index is 3.09. The number of benzene rings is 1. The number of rotatable bonds is 4. The van der Waals surface area contributed by atoms with E-state index in [0.717, 1.165) is 0 Å². The predicted octanol–water partition coefficient (Wildman–Crippen LogP) is 1.68. The molecule has 14 heavy (non-hydrogen) atoms. The van der Waals surface area contributed by atoms with Crippen LogP contribution in [0.5, 0.6) is 17.2 Å². The van der Waals surface area contributed by atoms with Crippen molar-refractivity contribution in [3.63, 3.8) is 0 Å². The van der Waals surface area contributed by atoms with E-state index in [2.05, 4.69) is 0 Å². The van der Waals surface area contributed by atoms with Crippen molar-refractivity contribution in [2.24, 2.45) is 0 Å². The van der Waals surface area contributed by atoms with Crippen molar-refractivity contribution < 1.29 is 14.2 Å². The van der Waals surface area contributed by atoms with Crippen LogP contribution in [0, 0.1) is 0 Å². The van der Waals surface area contributed by atoms with E-state index in [1.807, 2.05) is 6.92 Å². The van der Waals surface area contributed by atoms with Gasteiger partial charge in [0.05, 0.1) is 26.5 Å². The molecule has 0 saturated heterocycles. The third-order valence-corrected chi connectivity index (χ3v) is 1.82. The molecule has 0 bridgehead atoms. The normalized spacial score (nSPS) is 9.64. The average Bonchev–Trinajstić information content (AvgIpc) is 2.20. The van der Waals surface area contributed by atoms with Crippen molar-refractivity contribution in [3.8, 4) is 17.2 Å². The van der Waals surface area contributed by atoms with Crippen LogP contribution < -0.4 is 19.9 Å². The molecule has 78 valence electrons. The van der Waals surface area contributed by atoms with Gasteiger partial charge in [0.25, 0.3) is 0 Å². The molecule has 1 aromatic carbocycles. The number of anilines is 1. The number of ether oxygens (including phenoxy) is 3. The van der Waals surface area contributed by atoms with Gasteiger partial charge >= 0.3 is 0 Å². The van der Waals surface area contributed by atoms with E-state index >= 15 is 0 Å². The first-order valence-corrected chi connectivity index (χ1v) is 4.37. The molecule has 0 aliphatic heterocycles. The molecule has 0 saturated carbocycles. The SMILES string of the molecule is CCOc1cc(OC)c(OC)cc1N. The van der Waals surface area contributed by atoms with Gasteiger partial charge in [-0.25, -0.2) is 0 Å². The summed E-state index contributed by atoms with van der Waals surface area (Å²) < 4.78 is 15.5. The lowest BCUT2D eigenvalue weighted by atomic mass is 10.2. The van der Waals surface area contributed by atoms with Gasteiger partial charge in [0.1, 0.15) is 5.75 Å². The second-order valence-electron chi connectivity index (χ2n) is 2.68. The van der Waals surface area contributed by atoms with Crippen LogP contribution in [-0.2, 0) is 0 Å². The van der Waals surface area contributed by atoms with Crippen LogP contribution in [0.3, 0.4) is 0 Å². The molecule has 0 aromatic heterocycles. The summed E-state index contributed by atoms with van der Waals surface area (Å²) in [6.07, 6.45) is 0. The predicted molar refractivity (Wildman–Crippen MR) is 55.1 cm³/mol. The number of nitrogen functional groups attached to an aromatic ring is 1. The Labute approximate surface area is 83.6 Å². The van der Waals surface area contributed by atoms with Gasteiger partial charge in [0, 0.05) is 12.1 Å². The lowest BCUT2D eigenvalue weighted by molar-refractivity contribution is 0.329. The van der Waals surface area contributed by atoms with Gasteiger partial charge < -0.3 is 19.9 Å². The van der Waals surface area contributed by atoms with E-state index in [4.69, 9.17) is 19.9 Å². The zero-order valence-electron chi connectivity index (χ0n) is 8.66. The Bertz CT molecular complexity index is 312. The molecule has 4 nitrogen and oxygen atoms in total. The molecule has 0 atom stereocenters. The molecule has 0 fully saturated rings. The monoisotopic (exact) mass is 197 g/mol. The van der Waals surface area contributed by atoms with Crippen molar-refractivity contribution in [2.45, 2.75) is 6.92 Å². The summed E-state index contributed by atoms with van der Waals surface area (Å²) in [5.41, 5.74) is 6.29. The Morgan fingerprint density at radius 3 is 2.14 bits per heavy atom. The molecular weight excluding hydrogens is 182 g/mol. The highest BCUT2D eigenvalue weighted by Gasteiger charge is 2.09. The van der Waals surface area contributed by atoms with E-state index < -0.39 is 0 Å². The number of hydrogen-bond donors (Lipinski definition) is 1. The van der Waals surface area contributed by atoms with Crippen molar-refractivity contribution in [2.75, 3.05) is 26.6 Å². The molecule has 4 heteroatoms. The topological polar surface area (TPSA) is 53.7 Å². The summed E-state index contributed by atoms with van der Waals surface area (Å²) in [4.78, 5) is 0. The third-order valence-electron chi connectivity index (χ3n) is 1.82. The minimum Gasteiger partial charge on any atom is -0.493 e. The lowest BCUT2D eigenvalue weighted by Gasteiger charge is -2.12. The first kappa shape index (κ1) is 10.5. The van der Waals surface area contributed by atoms with E-state index in [0.29, 0.717) is 29.5 Å². The standard InChI is InChI=1S/C10H15NO3/c1-4-14-8-6-10(13-3)9(12-2)5-7(8)11/h5-6H,4,11H2,1-3H3. The maximum atomic E-state index is 5.75. The highest BCUT2D eigenvalue weighted by molar-refractivity contribution is 5.61. The van der Waals surface area contributed by atoms with Crippen LogP contribution >= 0.6 is 0 Å². The Kier molecular flexibility index (Phi) is 3.45. The van der Waals surface area contributed by atoms with Crippen LogP contribution in [0.25, 0.3) is 0 Å². The zero-order valence-corrected chi connectivity index (χ0v) is 8.66. The summed E-state index contributed by atoms with van der Waals surface area (Å²) in [6.45, 7) is 2.47. The van der Waals surface area contributed by atoms with E-state index in [1.54, 1.807) is 26.4 Å². The van der Waals surface area contributed by atoms with Crippen LogP contribution in [0.2, 0.25) is 0 Å². The second kappa shape index (κ2) is 4.60. The third kappa shape index (κ3) is 2.02. The first-order valence-electron chi connectivity index (χ1n) is 4.37. The Morgan fingerprint density at radius 2 is 1.64 bits per heavy atom. The molecule has 0 aliphatic carbocycles. The van der Waals surface area contributed by atoms with Gasteiger partial charge in [0.15, 0.2) is 11.5 Å². The summed E-state index contributed by atoms with van der Waals surface area (Å²) in [7, 11) is 3.14. The van der Waals surface area contributed by atoms with E-state index in [-0.39, 0.29) is 0 Å². The fraction of sp³-hybridized carbons (Fsp3) is 0.400. The fourth-order valence-electron chi connectivity index (χ4n) is 1.16. The zero-order chi connectivity index (χ0) is 10.6. The van der Waals surface area contributed by atoms with Crippen LogP contribution in [-0.4, -0.2) is 20.8 Å². The molecular formula is C10H15NO3. The minimum atomic E-state index is 0.546. The largest absolute Gasteiger partial charge is 0.493 e. The van der Waals surface area contributed by atoms with Gasteiger partial charge in [-0.05, 0) is 6.92 Å². The van der Waals surface area contributed by atoms with Gasteiger partial charge in [-0.2, -0.15) is 0 Å². The summed E-state index contributed by atoms with van der Waals surface area (Å²) in [5.74, 6) is 1.84. The van der Waals surface area contributed by atoms with Crippen LogP contribution in [0.4, 0.5) is 5.69 Å². The fourth-order valence-corrected chi connectivity index (χ4v) is 1.16. The Morgan fingerprint density at radius 1 is 1.07 bits per heavy atom. The van der Waals surface area contributed by atoms with Crippen molar-refractivity contribution >= 4 is 5.69 Å². The minimum absolute atomic E-state index is 0.546. The molecule has 1 aromatic rings.